The average molecular weight is 501 g/mol. The van der Waals surface area contributed by atoms with Gasteiger partial charge in [-0.05, 0) is 25.8 Å². The topological polar surface area (TPSA) is 101 Å². The molecule has 1 aliphatic carbocycles. The summed E-state index contributed by atoms with van der Waals surface area (Å²) in [6.07, 6.45) is -4.36. The number of benzene rings is 1. The van der Waals surface area contributed by atoms with E-state index in [-0.39, 0.29) is 16.9 Å². The van der Waals surface area contributed by atoms with Gasteiger partial charge in [0, 0.05) is 29.5 Å². The van der Waals surface area contributed by atoms with E-state index < -0.39 is 58.5 Å². The smallest absolute Gasteiger partial charge is 0.417 e. The SMILES string of the molecule is COc1c([C@H]2[C@H](C(=O)Nc3cc[n+]([O-])c(C4(N)CC4)c3)O[C@@](C)(C(F)(F)F)[C@H]2C)ccc(F)c1F. The maximum Gasteiger partial charge on any atom is 0.417 e. The van der Waals surface area contributed by atoms with Gasteiger partial charge in [0.2, 0.25) is 11.5 Å². The zero-order chi connectivity index (χ0) is 25.9. The molecule has 7 nitrogen and oxygen atoms in total. The van der Waals surface area contributed by atoms with Crippen molar-refractivity contribution in [3.05, 3.63) is 58.6 Å². The molecule has 0 spiro atoms. The largest absolute Gasteiger partial charge is 0.618 e. The molecule has 4 atom stereocenters. The van der Waals surface area contributed by atoms with Gasteiger partial charge in [-0.3, -0.25) is 4.79 Å². The van der Waals surface area contributed by atoms with E-state index in [9.17, 15) is 32.0 Å². The van der Waals surface area contributed by atoms with Crippen LogP contribution in [0.2, 0.25) is 0 Å². The highest BCUT2D eigenvalue weighted by atomic mass is 19.4. The number of carbonyl (C=O) groups is 1. The molecule has 0 bridgehead atoms. The summed E-state index contributed by atoms with van der Waals surface area (Å²) < 4.78 is 81.2. The molecule has 1 aromatic carbocycles. The summed E-state index contributed by atoms with van der Waals surface area (Å²) in [4.78, 5) is 13.2. The van der Waals surface area contributed by atoms with Crippen LogP contribution in [0.15, 0.2) is 30.5 Å². The van der Waals surface area contributed by atoms with E-state index >= 15 is 0 Å². The maximum absolute atomic E-state index is 14.4. The van der Waals surface area contributed by atoms with Gasteiger partial charge in [0.25, 0.3) is 5.91 Å². The van der Waals surface area contributed by atoms with Crippen molar-refractivity contribution < 1.29 is 41.0 Å². The van der Waals surface area contributed by atoms with Crippen LogP contribution in [0.4, 0.5) is 27.6 Å². The number of nitrogens with zero attached hydrogens (tertiary/aromatic N) is 1. The van der Waals surface area contributed by atoms with E-state index in [0.717, 1.165) is 32.4 Å². The molecular formula is C23H24F5N3O4. The van der Waals surface area contributed by atoms with Crippen LogP contribution < -0.4 is 20.5 Å². The lowest BCUT2D eigenvalue weighted by Gasteiger charge is -2.32. The highest BCUT2D eigenvalue weighted by Crippen LogP contribution is 2.55. The Hall–Kier alpha value is -2.99. The third-order valence-corrected chi connectivity index (χ3v) is 7.06. The molecular weight excluding hydrogens is 477 g/mol. The van der Waals surface area contributed by atoms with Gasteiger partial charge >= 0.3 is 6.18 Å². The molecule has 1 aromatic heterocycles. The van der Waals surface area contributed by atoms with Gasteiger partial charge in [-0.2, -0.15) is 22.3 Å². The first kappa shape index (κ1) is 25.1. The number of nitrogens with two attached hydrogens (primary N) is 1. The second-order valence-electron chi connectivity index (χ2n) is 9.21. The molecule has 1 amide bonds. The number of alkyl halides is 3. The quantitative estimate of drug-likeness (QED) is 0.370. The Labute approximate surface area is 197 Å². The van der Waals surface area contributed by atoms with E-state index in [1.807, 2.05) is 0 Å². The predicted molar refractivity (Wildman–Crippen MR) is 113 cm³/mol. The summed E-state index contributed by atoms with van der Waals surface area (Å²) in [5.41, 5.74) is 2.66. The number of aromatic nitrogens is 1. The first-order chi connectivity index (χ1) is 16.2. The van der Waals surface area contributed by atoms with Gasteiger partial charge in [-0.15, -0.1) is 0 Å². The normalized spacial score (nSPS) is 27.5. The Morgan fingerprint density at radius 3 is 2.51 bits per heavy atom. The average Bonchev–Trinajstić information content (AvgIpc) is 3.47. The summed E-state index contributed by atoms with van der Waals surface area (Å²) in [5.74, 6) is -6.94. The molecule has 0 unspecified atom stereocenters. The molecule has 2 heterocycles. The fraction of sp³-hybridized carbons (Fsp3) is 0.478. The number of carbonyl (C=O) groups excluding carboxylic acids is 1. The van der Waals surface area contributed by atoms with Crippen molar-refractivity contribution in [2.75, 3.05) is 12.4 Å². The van der Waals surface area contributed by atoms with Crippen molar-refractivity contribution in [3.63, 3.8) is 0 Å². The van der Waals surface area contributed by atoms with Crippen LogP contribution in [0.3, 0.4) is 0 Å². The van der Waals surface area contributed by atoms with Crippen LogP contribution in [0, 0.1) is 22.8 Å². The van der Waals surface area contributed by atoms with Crippen molar-refractivity contribution in [1.29, 1.82) is 0 Å². The van der Waals surface area contributed by atoms with Crippen molar-refractivity contribution in [2.24, 2.45) is 11.7 Å². The van der Waals surface area contributed by atoms with Crippen molar-refractivity contribution in [1.82, 2.24) is 0 Å². The fourth-order valence-electron chi connectivity index (χ4n) is 4.57. The lowest BCUT2D eigenvalue weighted by atomic mass is 9.77. The van der Waals surface area contributed by atoms with E-state index in [2.05, 4.69) is 5.32 Å². The molecule has 190 valence electrons. The molecule has 2 aromatic rings. The van der Waals surface area contributed by atoms with Gasteiger partial charge < -0.3 is 25.7 Å². The standard InChI is InChI=1S/C23H24F5N3O4/c1-11-16(13-4-5-14(24)17(25)18(13)34-3)19(35-21(11,2)23(26,27)28)20(32)30-12-6-9-31(33)15(10-12)22(29)7-8-22/h4-6,9-11,16,19H,7-8,29H2,1-3H3,(H,30,32)/t11-,16-,19+,21+/m0/s1. The summed E-state index contributed by atoms with van der Waals surface area (Å²) in [5, 5.41) is 14.6. The maximum atomic E-state index is 14.4. The zero-order valence-corrected chi connectivity index (χ0v) is 19.1. The van der Waals surface area contributed by atoms with Gasteiger partial charge in [-0.25, -0.2) is 4.39 Å². The number of halogens is 5. The van der Waals surface area contributed by atoms with E-state index in [1.54, 1.807) is 0 Å². The molecule has 1 saturated carbocycles. The van der Waals surface area contributed by atoms with Crippen LogP contribution >= 0.6 is 0 Å². The van der Waals surface area contributed by atoms with Crippen LogP contribution in [0.25, 0.3) is 0 Å². The van der Waals surface area contributed by atoms with Crippen LogP contribution in [0.5, 0.6) is 5.75 Å². The molecule has 4 rings (SSSR count). The Kier molecular flexibility index (Phi) is 5.95. The third kappa shape index (κ3) is 4.08. The number of anilines is 1. The van der Waals surface area contributed by atoms with Crippen LogP contribution in [0.1, 0.15) is 43.9 Å². The van der Waals surface area contributed by atoms with Gasteiger partial charge in [0.1, 0.15) is 11.6 Å². The molecule has 12 heteroatoms. The summed E-state index contributed by atoms with van der Waals surface area (Å²) in [6, 6.07) is 4.46. The first-order valence-electron chi connectivity index (χ1n) is 10.8. The van der Waals surface area contributed by atoms with E-state index in [4.69, 9.17) is 15.2 Å². The zero-order valence-electron chi connectivity index (χ0n) is 19.1. The van der Waals surface area contributed by atoms with Gasteiger partial charge in [0.05, 0.1) is 12.8 Å². The number of nitrogens with one attached hydrogen (secondary N) is 1. The molecule has 2 fully saturated rings. The Morgan fingerprint density at radius 2 is 1.94 bits per heavy atom. The molecule has 1 aliphatic heterocycles. The van der Waals surface area contributed by atoms with Gasteiger partial charge in [-0.1, -0.05) is 13.0 Å². The number of methoxy groups -OCH3 is 1. The first-order valence-corrected chi connectivity index (χ1v) is 10.8. The monoisotopic (exact) mass is 501 g/mol. The second kappa shape index (κ2) is 8.30. The van der Waals surface area contributed by atoms with E-state index in [1.165, 1.54) is 19.1 Å². The molecule has 1 saturated heterocycles. The Morgan fingerprint density at radius 1 is 1.29 bits per heavy atom. The van der Waals surface area contributed by atoms with Crippen LogP contribution in [-0.4, -0.2) is 30.9 Å². The van der Waals surface area contributed by atoms with Crippen LogP contribution in [-0.2, 0) is 15.1 Å². The van der Waals surface area contributed by atoms with Crippen molar-refractivity contribution >= 4 is 11.6 Å². The summed E-state index contributed by atoms with van der Waals surface area (Å²) in [7, 11) is 1.05. The summed E-state index contributed by atoms with van der Waals surface area (Å²) >= 11 is 0. The predicted octanol–water partition coefficient (Wildman–Crippen LogP) is 3.63. The number of hydrogen-bond donors (Lipinski definition) is 2. The molecule has 35 heavy (non-hydrogen) atoms. The molecule has 0 radical (unpaired) electrons. The fourth-order valence-corrected chi connectivity index (χ4v) is 4.57. The third-order valence-electron chi connectivity index (χ3n) is 7.06. The number of rotatable bonds is 5. The lowest BCUT2D eigenvalue weighted by Crippen LogP contribution is -2.47. The number of amides is 1. The van der Waals surface area contributed by atoms with Crippen molar-refractivity contribution in [2.45, 2.75) is 56.0 Å². The Balaban J connectivity index is 1.74. The van der Waals surface area contributed by atoms with Crippen molar-refractivity contribution in [3.8, 4) is 5.75 Å². The molecule has 2 aliphatic rings. The van der Waals surface area contributed by atoms with Gasteiger partial charge in [0.15, 0.2) is 23.4 Å². The second-order valence-corrected chi connectivity index (χ2v) is 9.21. The highest BCUT2D eigenvalue weighted by Gasteiger charge is 2.66. The summed E-state index contributed by atoms with van der Waals surface area (Å²) in [6.45, 7) is 2.02. The number of ether oxygens (including phenoxy) is 2. The van der Waals surface area contributed by atoms with E-state index in [0.29, 0.717) is 17.6 Å². The minimum Gasteiger partial charge on any atom is -0.618 e. The Bertz CT molecular complexity index is 1170. The number of hydrogen-bond acceptors (Lipinski definition) is 5. The lowest BCUT2D eigenvalue weighted by molar-refractivity contribution is -0.616. The highest BCUT2D eigenvalue weighted by molar-refractivity contribution is 5.95. The minimum atomic E-state index is -4.88. The minimum absolute atomic E-state index is 0.127. The molecule has 3 N–H and O–H groups in total. The number of pyridine rings is 1.